The van der Waals surface area contributed by atoms with Crippen LogP contribution >= 0.6 is 0 Å². The zero-order valence-electron chi connectivity index (χ0n) is 7.99. The van der Waals surface area contributed by atoms with Gasteiger partial charge in [0.2, 0.25) is 0 Å². The van der Waals surface area contributed by atoms with Gasteiger partial charge in [0.1, 0.15) is 0 Å². The van der Waals surface area contributed by atoms with Crippen molar-refractivity contribution in [2.24, 2.45) is 5.10 Å². The Morgan fingerprint density at radius 2 is 2.50 bits per heavy atom. The molecule has 3 nitrogen and oxygen atoms in total. The highest BCUT2D eigenvalue weighted by atomic mass is 16.5. The van der Waals surface area contributed by atoms with Crippen LogP contribution in [0, 0.1) is 0 Å². The number of nitrogens with zero attached hydrogens (tertiary/aromatic N) is 2. The third-order valence-corrected chi connectivity index (χ3v) is 2.12. The van der Waals surface area contributed by atoms with E-state index in [1.807, 2.05) is 6.21 Å². The molecule has 0 spiro atoms. The van der Waals surface area contributed by atoms with E-state index in [0.29, 0.717) is 6.04 Å². The van der Waals surface area contributed by atoms with Crippen LogP contribution < -0.4 is 0 Å². The molecule has 0 aromatic rings. The molecule has 3 heteroatoms. The predicted molar refractivity (Wildman–Crippen MR) is 50.4 cm³/mol. The van der Waals surface area contributed by atoms with Gasteiger partial charge in [-0.25, -0.2) is 0 Å². The minimum atomic E-state index is 0.512. The second-order valence-electron chi connectivity index (χ2n) is 3.12. The van der Waals surface area contributed by atoms with Gasteiger partial charge in [-0.05, 0) is 19.3 Å². The van der Waals surface area contributed by atoms with Crippen molar-refractivity contribution >= 4 is 6.21 Å². The van der Waals surface area contributed by atoms with Gasteiger partial charge < -0.3 is 4.74 Å². The summed E-state index contributed by atoms with van der Waals surface area (Å²) in [6.07, 6.45) is 5.44. The second kappa shape index (κ2) is 5.14. The molecule has 0 bridgehead atoms. The average Bonchev–Trinajstić information content (AvgIpc) is 2.50. The van der Waals surface area contributed by atoms with Gasteiger partial charge in [0.05, 0.1) is 12.6 Å². The van der Waals surface area contributed by atoms with E-state index < -0.39 is 0 Å². The summed E-state index contributed by atoms with van der Waals surface area (Å²) in [5.74, 6) is 0. The van der Waals surface area contributed by atoms with Crippen LogP contribution in [0.2, 0.25) is 0 Å². The van der Waals surface area contributed by atoms with Gasteiger partial charge in [-0.2, -0.15) is 5.10 Å². The van der Waals surface area contributed by atoms with Gasteiger partial charge >= 0.3 is 0 Å². The molecule has 0 unspecified atom stereocenters. The number of rotatable bonds is 4. The molecule has 1 aliphatic heterocycles. The van der Waals surface area contributed by atoms with Crippen molar-refractivity contribution in [3.63, 3.8) is 0 Å². The maximum Gasteiger partial charge on any atom is 0.0704 e. The lowest BCUT2D eigenvalue weighted by atomic mass is 10.2. The molecule has 12 heavy (non-hydrogen) atoms. The Bertz CT molecular complexity index is 147. The molecule has 70 valence electrons. The largest absolute Gasteiger partial charge is 0.382 e. The van der Waals surface area contributed by atoms with E-state index in [0.717, 1.165) is 19.6 Å². The van der Waals surface area contributed by atoms with Crippen LogP contribution in [-0.4, -0.2) is 37.5 Å². The van der Waals surface area contributed by atoms with Crippen molar-refractivity contribution in [2.45, 2.75) is 32.2 Å². The summed E-state index contributed by atoms with van der Waals surface area (Å²) in [4.78, 5) is 0. The molecule has 0 aliphatic carbocycles. The van der Waals surface area contributed by atoms with Crippen molar-refractivity contribution in [3.8, 4) is 0 Å². The minimum absolute atomic E-state index is 0.512. The van der Waals surface area contributed by atoms with Gasteiger partial charge in [-0.15, -0.1) is 0 Å². The molecule has 0 N–H and O–H groups in total. The number of hydrogen-bond donors (Lipinski definition) is 0. The normalized spacial score (nSPS) is 24.2. The van der Waals surface area contributed by atoms with Crippen LogP contribution in [0.5, 0.6) is 0 Å². The first-order chi connectivity index (χ1) is 5.88. The lowest BCUT2D eigenvalue weighted by Gasteiger charge is -2.20. The third kappa shape index (κ3) is 2.48. The van der Waals surface area contributed by atoms with E-state index in [2.05, 4.69) is 17.0 Å². The monoisotopic (exact) mass is 170 g/mol. The SMILES string of the molecule is CC/C=N\N1CCC[C@@H]1COC. The summed E-state index contributed by atoms with van der Waals surface area (Å²) in [7, 11) is 1.75. The van der Waals surface area contributed by atoms with Crippen molar-refractivity contribution in [1.82, 2.24) is 5.01 Å². The van der Waals surface area contributed by atoms with Crippen LogP contribution in [0.4, 0.5) is 0 Å². The zero-order chi connectivity index (χ0) is 8.81. The first kappa shape index (κ1) is 9.52. The topological polar surface area (TPSA) is 24.8 Å². The van der Waals surface area contributed by atoms with Crippen LogP contribution in [0.3, 0.4) is 0 Å². The molecule has 1 heterocycles. The van der Waals surface area contributed by atoms with Crippen molar-refractivity contribution in [3.05, 3.63) is 0 Å². The molecule has 1 aliphatic rings. The van der Waals surface area contributed by atoms with Crippen molar-refractivity contribution in [2.75, 3.05) is 20.3 Å². The fraction of sp³-hybridized carbons (Fsp3) is 0.889. The van der Waals surface area contributed by atoms with E-state index in [9.17, 15) is 0 Å². The lowest BCUT2D eigenvalue weighted by molar-refractivity contribution is 0.118. The molecule has 1 saturated heterocycles. The molecule has 0 amide bonds. The Morgan fingerprint density at radius 3 is 3.17 bits per heavy atom. The summed E-state index contributed by atoms with van der Waals surface area (Å²) in [6, 6.07) is 0.512. The third-order valence-electron chi connectivity index (χ3n) is 2.12. The summed E-state index contributed by atoms with van der Waals surface area (Å²) < 4.78 is 5.12. The van der Waals surface area contributed by atoms with E-state index in [1.165, 1.54) is 12.8 Å². The summed E-state index contributed by atoms with van der Waals surface area (Å²) in [6.45, 7) is 4.00. The Morgan fingerprint density at radius 1 is 1.67 bits per heavy atom. The highest BCUT2D eigenvalue weighted by Gasteiger charge is 2.22. The predicted octanol–water partition coefficient (Wildman–Crippen LogP) is 1.49. The fourth-order valence-corrected chi connectivity index (χ4v) is 1.52. The molecule has 1 fully saturated rings. The van der Waals surface area contributed by atoms with E-state index in [-0.39, 0.29) is 0 Å². The number of ether oxygens (including phenoxy) is 1. The molecule has 0 radical (unpaired) electrons. The van der Waals surface area contributed by atoms with Crippen molar-refractivity contribution < 1.29 is 4.74 Å². The zero-order valence-corrected chi connectivity index (χ0v) is 7.99. The number of methoxy groups -OCH3 is 1. The van der Waals surface area contributed by atoms with Crippen LogP contribution in [-0.2, 0) is 4.74 Å². The van der Waals surface area contributed by atoms with E-state index >= 15 is 0 Å². The molecule has 0 saturated carbocycles. The molecule has 1 atom stereocenters. The Balaban J connectivity index is 2.35. The van der Waals surface area contributed by atoms with E-state index in [4.69, 9.17) is 4.74 Å². The summed E-state index contributed by atoms with van der Waals surface area (Å²) in [5.41, 5.74) is 0. The minimum Gasteiger partial charge on any atom is -0.382 e. The Labute approximate surface area is 74.4 Å². The first-order valence-corrected chi connectivity index (χ1v) is 4.66. The smallest absolute Gasteiger partial charge is 0.0704 e. The highest BCUT2D eigenvalue weighted by molar-refractivity contribution is 5.56. The molecule has 0 aromatic carbocycles. The van der Waals surface area contributed by atoms with Crippen molar-refractivity contribution in [1.29, 1.82) is 0 Å². The van der Waals surface area contributed by atoms with Gasteiger partial charge in [0.25, 0.3) is 0 Å². The van der Waals surface area contributed by atoms with Gasteiger partial charge in [0.15, 0.2) is 0 Å². The van der Waals surface area contributed by atoms with Gasteiger partial charge in [-0.3, -0.25) is 5.01 Å². The van der Waals surface area contributed by atoms with Gasteiger partial charge in [-0.1, -0.05) is 6.92 Å². The molecule has 0 aromatic heterocycles. The molecular weight excluding hydrogens is 152 g/mol. The van der Waals surface area contributed by atoms with Crippen LogP contribution in [0.25, 0.3) is 0 Å². The first-order valence-electron chi connectivity index (χ1n) is 4.66. The molecular formula is C9H18N2O. The van der Waals surface area contributed by atoms with E-state index in [1.54, 1.807) is 7.11 Å². The number of hydrazone groups is 1. The van der Waals surface area contributed by atoms with Crippen LogP contribution in [0.1, 0.15) is 26.2 Å². The van der Waals surface area contributed by atoms with Gasteiger partial charge in [0, 0.05) is 19.9 Å². The quantitative estimate of drug-likeness (QED) is 0.597. The van der Waals surface area contributed by atoms with Crippen LogP contribution in [0.15, 0.2) is 5.10 Å². The maximum absolute atomic E-state index is 5.12. The Hall–Kier alpha value is -0.570. The summed E-state index contributed by atoms with van der Waals surface area (Å²) in [5, 5.41) is 6.52. The second-order valence-corrected chi connectivity index (χ2v) is 3.12. The average molecular weight is 170 g/mol. The summed E-state index contributed by atoms with van der Waals surface area (Å²) >= 11 is 0. The number of hydrogen-bond acceptors (Lipinski definition) is 3. The molecule has 1 rings (SSSR count). The fourth-order valence-electron chi connectivity index (χ4n) is 1.52. The highest BCUT2D eigenvalue weighted by Crippen LogP contribution is 2.16. The standard InChI is InChI=1S/C9H18N2O/c1-3-6-10-11-7-4-5-9(11)8-12-2/h6,9H,3-5,7-8H2,1-2H3/b10-6-/t9-/m1/s1. The maximum atomic E-state index is 5.12. The lowest BCUT2D eigenvalue weighted by Crippen LogP contribution is -2.28. The Kier molecular flexibility index (Phi) is 4.08.